The number of aryl methyl sites for hydroxylation is 3. The lowest BCUT2D eigenvalue weighted by Gasteiger charge is -2.23. The van der Waals surface area contributed by atoms with E-state index in [-0.39, 0.29) is 24.8 Å². The summed E-state index contributed by atoms with van der Waals surface area (Å²) in [6, 6.07) is 7.90. The zero-order chi connectivity index (χ0) is 19.4. The second-order valence-electron chi connectivity index (χ2n) is 7.22. The molecule has 1 aromatic carbocycles. The van der Waals surface area contributed by atoms with E-state index in [1.807, 2.05) is 46.8 Å². The fourth-order valence-corrected chi connectivity index (χ4v) is 3.02. The Kier molecular flexibility index (Phi) is 6.18. The zero-order valence-electron chi connectivity index (χ0n) is 16.1. The van der Waals surface area contributed by atoms with E-state index in [0.29, 0.717) is 12.2 Å². The van der Waals surface area contributed by atoms with Crippen molar-refractivity contribution in [1.29, 1.82) is 0 Å². The molecule has 1 amide bonds. The number of hydrogen-bond acceptors (Lipinski definition) is 3. The third kappa shape index (κ3) is 4.94. The highest BCUT2D eigenvalue weighted by molar-refractivity contribution is 5.92. The van der Waals surface area contributed by atoms with Crippen LogP contribution in [-0.2, 0) is 4.79 Å². The van der Waals surface area contributed by atoms with E-state index >= 15 is 0 Å². The average Bonchev–Trinajstić information content (AvgIpc) is 2.91. The number of carboxylic acid groups (broad SMARTS) is 1. The molecule has 0 aliphatic carbocycles. The highest BCUT2D eigenvalue weighted by Crippen LogP contribution is 2.17. The number of carbonyl (C=O) groups is 2. The fraction of sp³-hybridized carbons (Fsp3) is 0.450. The van der Waals surface area contributed by atoms with Crippen molar-refractivity contribution >= 4 is 11.9 Å². The summed E-state index contributed by atoms with van der Waals surface area (Å²) in [5, 5.41) is 13.4. The molecular formula is C20H27N3O3. The van der Waals surface area contributed by atoms with Crippen LogP contribution in [0.4, 0.5) is 0 Å². The van der Waals surface area contributed by atoms with E-state index in [1.165, 1.54) is 0 Å². The summed E-state index contributed by atoms with van der Waals surface area (Å²) in [5.74, 6) is -0.898. The minimum absolute atomic E-state index is 0.0742. The molecule has 0 unspecified atom stereocenters. The fourth-order valence-electron chi connectivity index (χ4n) is 3.02. The summed E-state index contributed by atoms with van der Waals surface area (Å²) in [6.45, 7) is 10.6. The Morgan fingerprint density at radius 2 is 1.73 bits per heavy atom. The molecule has 6 heteroatoms. The van der Waals surface area contributed by atoms with Gasteiger partial charge in [0, 0.05) is 18.8 Å². The molecule has 2 aromatic rings. The Morgan fingerprint density at radius 3 is 2.27 bits per heavy atom. The van der Waals surface area contributed by atoms with E-state index in [1.54, 1.807) is 15.6 Å². The SMILES string of the molecule is Cc1cc(C)cc(-n2nc(C(=O)N(CCC(=O)O)CC(C)C)cc2C)c1. The minimum Gasteiger partial charge on any atom is -0.481 e. The van der Waals surface area contributed by atoms with E-state index in [2.05, 4.69) is 11.2 Å². The molecule has 2 rings (SSSR count). The number of rotatable bonds is 7. The molecule has 0 saturated heterocycles. The summed E-state index contributed by atoms with van der Waals surface area (Å²) in [6.07, 6.45) is -0.0742. The molecule has 0 radical (unpaired) electrons. The van der Waals surface area contributed by atoms with Crippen LogP contribution in [0.25, 0.3) is 5.69 Å². The molecule has 140 valence electrons. The van der Waals surface area contributed by atoms with Crippen molar-refractivity contribution < 1.29 is 14.7 Å². The van der Waals surface area contributed by atoms with Crippen LogP contribution >= 0.6 is 0 Å². The number of amides is 1. The molecule has 0 aliphatic heterocycles. The van der Waals surface area contributed by atoms with Crippen LogP contribution < -0.4 is 0 Å². The number of nitrogens with zero attached hydrogens (tertiary/aromatic N) is 3. The first-order valence-corrected chi connectivity index (χ1v) is 8.83. The Balaban J connectivity index is 2.32. The largest absolute Gasteiger partial charge is 0.481 e. The number of hydrogen-bond donors (Lipinski definition) is 1. The van der Waals surface area contributed by atoms with Gasteiger partial charge in [-0.2, -0.15) is 5.10 Å². The molecule has 0 fully saturated rings. The first kappa shape index (κ1) is 19.7. The van der Waals surface area contributed by atoms with Crippen molar-refractivity contribution in [2.45, 2.75) is 41.0 Å². The molecule has 1 N–H and O–H groups in total. The average molecular weight is 357 g/mol. The summed E-state index contributed by atoms with van der Waals surface area (Å²) in [7, 11) is 0. The molecule has 0 aliphatic rings. The first-order valence-electron chi connectivity index (χ1n) is 8.83. The van der Waals surface area contributed by atoms with Gasteiger partial charge in [0.15, 0.2) is 5.69 Å². The van der Waals surface area contributed by atoms with Crippen LogP contribution in [0.3, 0.4) is 0 Å². The summed E-state index contributed by atoms with van der Waals surface area (Å²) < 4.78 is 1.76. The topological polar surface area (TPSA) is 75.4 Å². The predicted octanol–water partition coefficient (Wildman–Crippen LogP) is 3.37. The quantitative estimate of drug-likeness (QED) is 0.824. The third-order valence-electron chi connectivity index (χ3n) is 4.03. The number of aromatic nitrogens is 2. The monoisotopic (exact) mass is 357 g/mol. The number of aliphatic carboxylic acids is 1. The summed E-state index contributed by atoms with van der Waals surface area (Å²) >= 11 is 0. The lowest BCUT2D eigenvalue weighted by Crippen LogP contribution is -2.36. The van der Waals surface area contributed by atoms with Crippen molar-refractivity contribution in [2.75, 3.05) is 13.1 Å². The van der Waals surface area contributed by atoms with Gasteiger partial charge in [0.1, 0.15) is 0 Å². The summed E-state index contributed by atoms with van der Waals surface area (Å²) in [4.78, 5) is 25.4. The van der Waals surface area contributed by atoms with Crippen LogP contribution in [0.2, 0.25) is 0 Å². The van der Waals surface area contributed by atoms with Crippen molar-refractivity contribution in [3.05, 3.63) is 46.8 Å². The van der Waals surface area contributed by atoms with Crippen LogP contribution in [0, 0.1) is 26.7 Å². The smallest absolute Gasteiger partial charge is 0.305 e. The molecular weight excluding hydrogens is 330 g/mol. The highest BCUT2D eigenvalue weighted by atomic mass is 16.4. The van der Waals surface area contributed by atoms with Crippen LogP contribution in [0.5, 0.6) is 0 Å². The van der Waals surface area contributed by atoms with Gasteiger partial charge in [-0.3, -0.25) is 9.59 Å². The van der Waals surface area contributed by atoms with Gasteiger partial charge in [0.25, 0.3) is 5.91 Å². The highest BCUT2D eigenvalue weighted by Gasteiger charge is 2.21. The van der Waals surface area contributed by atoms with Gasteiger partial charge in [0.05, 0.1) is 12.1 Å². The number of benzene rings is 1. The summed E-state index contributed by atoms with van der Waals surface area (Å²) in [5.41, 5.74) is 4.38. The Morgan fingerprint density at radius 1 is 1.12 bits per heavy atom. The van der Waals surface area contributed by atoms with Crippen LogP contribution in [-0.4, -0.2) is 44.8 Å². The standard InChI is InChI=1S/C20H27N3O3/c1-13(2)12-22(7-6-19(24)25)20(26)18-11-16(5)23(21-18)17-9-14(3)8-15(4)10-17/h8-11,13H,6-7,12H2,1-5H3,(H,24,25). The van der Waals surface area contributed by atoms with Crippen LogP contribution in [0.1, 0.15) is 47.6 Å². The molecule has 0 bridgehead atoms. The van der Waals surface area contributed by atoms with E-state index in [4.69, 9.17) is 5.11 Å². The molecule has 0 saturated carbocycles. The molecule has 1 heterocycles. The molecule has 0 spiro atoms. The van der Waals surface area contributed by atoms with Crippen molar-refractivity contribution in [3.63, 3.8) is 0 Å². The number of carboxylic acids is 1. The lowest BCUT2D eigenvalue weighted by atomic mass is 10.1. The van der Waals surface area contributed by atoms with Gasteiger partial charge in [-0.05, 0) is 56.0 Å². The Hall–Kier alpha value is -2.63. The van der Waals surface area contributed by atoms with E-state index in [0.717, 1.165) is 22.5 Å². The Labute approximate surface area is 154 Å². The lowest BCUT2D eigenvalue weighted by molar-refractivity contribution is -0.137. The van der Waals surface area contributed by atoms with Gasteiger partial charge >= 0.3 is 5.97 Å². The number of carbonyl (C=O) groups excluding carboxylic acids is 1. The molecule has 6 nitrogen and oxygen atoms in total. The van der Waals surface area contributed by atoms with Crippen molar-refractivity contribution in [2.24, 2.45) is 5.92 Å². The molecule has 26 heavy (non-hydrogen) atoms. The van der Waals surface area contributed by atoms with Gasteiger partial charge in [0.2, 0.25) is 0 Å². The normalized spacial score (nSPS) is 11.0. The van der Waals surface area contributed by atoms with E-state index < -0.39 is 5.97 Å². The third-order valence-corrected chi connectivity index (χ3v) is 4.03. The maximum atomic E-state index is 12.9. The van der Waals surface area contributed by atoms with Gasteiger partial charge in [-0.15, -0.1) is 0 Å². The van der Waals surface area contributed by atoms with Gasteiger partial charge in [-0.25, -0.2) is 4.68 Å². The zero-order valence-corrected chi connectivity index (χ0v) is 16.1. The van der Waals surface area contributed by atoms with E-state index in [9.17, 15) is 9.59 Å². The first-order chi connectivity index (χ1) is 12.2. The second-order valence-corrected chi connectivity index (χ2v) is 7.22. The second kappa shape index (κ2) is 8.17. The maximum Gasteiger partial charge on any atom is 0.305 e. The predicted molar refractivity (Wildman–Crippen MR) is 101 cm³/mol. The van der Waals surface area contributed by atoms with Gasteiger partial charge < -0.3 is 10.0 Å². The maximum absolute atomic E-state index is 12.9. The van der Waals surface area contributed by atoms with Crippen molar-refractivity contribution in [3.8, 4) is 5.69 Å². The molecule has 0 atom stereocenters. The minimum atomic E-state index is -0.913. The van der Waals surface area contributed by atoms with Crippen LogP contribution in [0.15, 0.2) is 24.3 Å². The van der Waals surface area contributed by atoms with Gasteiger partial charge in [-0.1, -0.05) is 19.9 Å². The Bertz CT molecular complexity index is 788. The van der Waals surface area contributed by atoms with Crippen molar-refractivity contribution in [1.82, 2.24) is 14.7 Å². The molecule has 1 aromatic heterocycles.